The first-order chi connectivity index (χ1) is 5.85. The zero-order valence-electron chi connectivity index (χ0n) is 9.85. The van der Waals surface area contributed by atoms with Gasteiger partial charge in [-0.2, -0.15) is 6.08 Å². The van der Waals surface area contributed by atoms with Crippen LogP contribution in [0.2, 0.25) is 0 Å². The molecule has 1 nitrogen and oxygen atoms in total. The summed E-state index contributed by atoms with van der Waals surface area (Å²) >= 11 is 0. The van der Waals surface area contributed by atoms with Gasteiger partial charge in [0.25, 0.3) is 0 Å². The predicted octanol–water partition coefficient (Wildman–Crippen LogP) is -6.52. The van der Waals surface area contributed by atoms with E-state index in [2.05, 4.69) is 37.8 Å². The Morgan fingerprint density at radius 2 is 1.69 bits per heavy atom. The molecule has 0 saturated carbocycles. The molecule has 1 aliphatic rings. The van der Waals surface area contributed by atoms with Crippen molar-refractivity contribution in [1.82, 2.24) is 4.90 Å². The average molecular weight is 320 g/mol. The van der Waals surface area contributed by atoms with Crippen molar-refractivity contribution in [3.8, 4) is 0 Å². The molecule has 0 spiro atoms. The van der Waals surface area contributed by atoms with E-state index in [0.717, 1.165) is 26.1 Å². The van der Waals surface area contributed by atoms with Gasteiger partial charge in [-0.1, -0.05) is 13.8 Å². The minimum Gasteiger partial charge on any atom is -1.00 e. The summed E-state index contributed by atoms with van der Waals surface area (Å²) in [5.74, 6) is 0. The maximum absolute atomic E-state index is 3.75. The minimum absolute atomic E-state index is 0. The largest absolute Gasteiger partial charge is 3.00 e. The van der Waals surface area contributed by atoms with Gasteiger partial charge in [-0.3, -0.25) is 6.08 Å². The van der Waals surface area contributed by atoms with Crippen LogP contribution in [0.25, 0.3) is 0 Å². The van der Waals surface area contributed by atoms with Crippen molar-refractivity contribution < 1.29 is 58.9 Å². The molecule has 0 bridgehead atoms. The molecule has 0 saturated heterocycles. The normalized spacial score (nSPS) is 10.0. The minimum atomic E-state index is 0. The first kappa shape index (κ1) is 30.2. The molecule has 0 aliphatic heterocycles. The number of halogens is 3. The van der Waals surface area contributed by atoms with Crippen molar-refractivity contribution in [1.29, 1.82) is 0 Å². The third-order valence-electron chi connectivity index (χ3n) is 1.80. The van der Waals surface area contributed by atoms with E-state index in [9.17, 15) is 0 Å². The zero-order chi connectivity index (χ0) is 9.23. The third kappa shape index (κ3) is 20.4. The van der Waals surface area contributed by atoms with Gasteiger partial charge in [0.05, 0.1) is 0 Å². The van der Waals surface area contributed by atoms with Crippen molar-refractivity contribution in [2.75, 3.05) is 19.6 Å². The summed E-state index contributed by atoms with van der Waals surface area (Å²) in [6, 6.07) is 0. The van der Waals surface area contributed by atoms with Gasteiger partial charge in [0.1, 0.15) is 0 Å². The average Bonchev–Trinajstić information content (AvgIpc) is 2.64. The third-order valence-corrected chi connectivity index (χ3v) is 1.80. The van der Waals surface area contributed by atoms with Crippen molar-refractivity contribution >= 4 is 0 Å². The monoisotopic (exact) mass is 318 g/mol. The second-order valence-corrected chi connectivity index (χ2v) is 2.53. The molecule has 0 fully saturated rings. The van der Waals surface area contributed by atoms with E-state index in [1.165, 1.54) is 0 Å². The van der Waals surface area contributed by atoms with Crippen molar-refractivity contribution in [2.45, 2.75) is 20.3 Å². The molecular weight excluding hydrogens is 300 g/mol. The van der Waals surface area contributed by atoms with Gasteiger partial charge in [0.15, 0.2) is 0 Å². The van der Waals surface area contributed by atoms with Gasteiger partial charge in [0, 0.05) is 0 Å². The Labute approximate surface area is 134 Å². The molecule has 0 N–H and O–H groups in total. The summed E-state index contributed by atoms with van der Waals surface area (Å²) in [5.41, 5.74) is 0. The van der Waals surface area contributed by atoms with Crippen LogP contribution in [0.4, 0.5) is 0 Å². The molecule has 16 heavy (non-hydrogen) atoms. The molecular formula is C11H19Cl3NTi-2. The molecule has 0 heterocycles. The van der Waals surface area contributed by atoms with Crippen LogP contribution in [0.15, 0.2) is 18.2 Å². The van der Waals surface area contributed by atoms with Gasteiger partial charge in [-0.25, -0.2) is 12.2 Å². The zero-order valence-corrected chi connectivity index (χ0v) is 13.7. The number of hydrogen-bond donors (Lipinski definition) is 0. The van der Waals surface area contributed by atoms with E-state index in [1.54, 1.807) is 0 Å². The molecule has 1 radical (unpaired) electrons. The van der Waals surface area contributed by atoms with Crippen LogP contribution < -0.4 is 37.2 Å². The standard InChI is InChI=1S/C6H14N.C5H5.3ClH.Ti/c1-4-7(5-2)6-3;1-2-4-5-3-1;;;;/h1,4-6H2,2-3H3;1-3H,4H2;3*1H;/q2*-1;;;;+3/p-3. The van der Waals surface area contributed by atoms with Gasteiger partial charge < -0.3 is 49.0 Å². The second kappa shape index (κ2) is 25.0. The molecule has 0 amide bonds. The van der Waals surface area contributed by atoms with E-state index in [-0.39, 0.29) is 58.9 Å². The van der Waals surface area contributed by atoms with Crippen LogP contribution in [-0.4, -0.2) is 24.5 Å². The van der Waals surface area contributed by atoms with Crippen molar-refractivity contribution in [2.24, 2.45) is 0 Å². The van der Waals surface area contributed by atoms with Gasteiger partial charge in [0.2, 0.25) is 0 Å². The van der Waals surface area contributed by atoms with Gasteiger partial charge >= 0.3 is 21.7 Å². The van der Waals surface area contributed by atoms with Crippen LogP contribution in [0, 0.1) is 13.0 Å². The van der Waals surface area contributed by atoms with E-state index in [1.807, 2.05) is 12.2 Å². The summed E-state index contributed by atoms with van der Waals surface area (Å²) in [6.07, 6.45) is 10.0. The van der Waals surface area contributed by atoms with Gasteiger partial charge in [-0.05, 0) is 13.1 Å². The molecule has 0 unspecified atom stereocenters. The molecule has 0 aromatic heterocycles. The van der Waals surface area contributed by atoms with Crippen LogP contribution in [-0.2, 0) is 21.7 Å². The topological polar surface area (TPSA) is 3.24 Å². The molecule has 5 heteroatoms. The van der Waals surface area contributed by atoms with Crippen LogP contribution in [0.3, 0.4) is 0 Å². The van der Waals surface area contributed by atoms with E-state index in [0.29, 0.717) is 0 Å². The van der Waals surface area contributed by atoms with Crippen molar-refractivity contribution in [3.63, 3.8) is 0 Å². The van der Waals surface area contributed by atoms with Crippen LogP contribution in [0.1, 0.15) is 20.3 Å². The van der Waals surface area contributed by atoms with E-state index >= 15 is 0 Å². The maximum Gasteiger partial charge on any atom is 3.00 e. The number of allylic oxidation sites excluding steroid dienone is 4. The molecule has 0 aromatic rings. The Bertz CT molecular complexity index is 133. The summed E-state index contributed by atoms with van der Waals surface area (Å²) in [6.45, 7) is 11.2. The molecule has 1 rings (SSSR count). The van der Waals surface area contributed by atoms with E-state index in [4.69, 9.17) is 0 Å². The quantitative estimate of drug-likeness (QED) is 0.369. The molecule has 0 atom stereocenters. The van der Waals surface area contributed by atoms with Crippen LogP contribution in [0.5, 0.6) is 0 Å². The number of rotatable bonds is 3. The maximum atomic E-state index is 3.75. The summed E-state index contributed by atoms with van der Waals surface area (Å²) in [5, 5.41) is 0. The smallest absolute Gasteiger partial charge is 1.00 e. The van der Waals surface area contributed by atoms with Crippen molar-refractivity contribution in [3.05, 3.63) is 31.2 Å². The number of nitrogens with zero attached hydrogens (tertiary/aromatic N) is 1. The Hall–Kier alpha value is 1.02. The molecule has 0 aromatic carbocycles. The van der Waals surface area contributed by atoms with E-state index < -0.39 is 0 Å². The fraction of sp³-hybridized carbons (Fsp3) is 0.545. The number of hydrogen-bond acceptors (Lipinski definition) is 1. The summed E-state index contributed by atoms with van der Waals surface area (Å²) in [7, 11) is 0. The summed E-state index contributed by atoms with van der Waals surface area (Å²) < 4.78 is 0. The van der Waals surface area contributed by atoms with Gasteiger partial charge in [-0.15, -0.1) is 13.0 Å². The second-order valence-electron chi connectivity index (χ2n) is 2.53. The molecule has 1 aliphatic carbocycles. The first-order valence-electron chi connectivity index (χ1n) is 4.58. The molecule has 95 valence electrons. The fourth-order valence-electron chi connectivity index (χ4n) is 0.880. The Morgan fingerprint density at radius 1 is 1.19 bits per heavy atom. The Morgan fingerprint density at radius 3 is 1.75 bits per heavy atom. The Balaban J connectivity index is -0.0000000411. The van der Waals surface area contributed by atoms with Crippen LogP contribution >= 0.6 is 0 Å². The fourth-order valence-corrected chi connectivity index (χ4v) is 0.880. The Kier molecular flexibility index (Phi) is 47.3. The SMILES string of the molecule is [C-]1=CC=CC1.[CH2-]CN(CC)CC.[Cl-].[Cl-].[Cl-].[Ti+3]. The first-order valence-corrected chi connectivity index (χ1v) is 4.58. The summed E-state index contributed by atoms with van der Waals surface area (Å²) in [4.78, 5) is 2.26. The predicted molar refractivity (Wildman–Crippen MR) is 54.7 cm³/mol.